The molecule has 0 saturated heterocycles. The van der Waals surface area contributed by atoms with Crippen LogP contribution in [0.3, 0.4) is 0 Å². The van der Waals surface area contributed by atoms with Crippen LogP contribution in [0, 0.1) is 0 Å². The molecule has 0 aliphatic carbocycles. The lowest BCUT2D eigenvalue weighted by molar-refractivity contribution is 0.144. The molecule has 0 bridgehead atoms. The predicted molar refractivity (Wildman–Crippen MR) is 80.5 cm³/mol. The van der Waals surface area contributed by atoms with Gasteiger partial charge in [-0.25, -0.2) is 0 Å². The van der Waals surface area contributed by atoms with E-state index in [-0.39, 0.29) is 0 Å². The molecule has 0 atom stereocenters. The van der Waals surface area contributed by atoms with Crippen LogP contribution in [0.25, 0.3) is 11.3 Å². The summed E-state index contributed by atoms with van der Waals surface area (Å²) in [6, 6.07) is 5.73. The number of hydrogen-bond acceptors (Lipinski definition) is 5. The van der Waals surface area contributed by atoms with Gasteiger partial charge in [0.1, 0.15) is 6.61 Å². The molecule has 0 aliphatic heterocycles. The summed E-state index contributed by atoms with van der Waals surface area (Å²) in [6.45, 7) is 1.45. The standard InChI is InChI=1S/C15H21N3O3/c1-18-10-12(9-16)15(17-18)11-4-5-13(14(8-11)20-3)21-7-6-19-2/h4-5,8,10H,6-7,9,16H2,1-3H3. The van der Waals surface area contributed by atoms with Gasteiger partial charge in [-0.15, -0.1) is 0 Å². The lowest BCUT2D eigenvalue weighted by Gasteiger charge is -2.11. The van der Waals surface area contributed by atoms with Crippen LogP contribution < -0.4 is 15.2 Å². The van der Waals surface area contributed by atoms with Crippen LogP contribution in [0.2, 0.25) is 0 Å². The minimum atomic E-state index is 0.442. The van der Waals surface area contributed by atoms with Crippen molar-refractivity contribution in [1.29, 1.82) is 0 Å². The quantitative estimate of drug-likeness (QED) is 0.784. The zero-order valence-electron chi connectivity index (χ0n) is 12.6. The summed E-state index contributed by atoms with van der Waals surface area (Å²) in [6.07, 6.45) is 1.92. The van der Waals surface area contributed by atoms with E-state index in [4.69, 9.17) is 19.9 Å². The number of nitrogens with zero attached hydrogens (tertiary/aromatic N) is 2. The summed E-state index contributed by atoms with van der Waals surface area (Å²) in [7, 11) is 5.13. The second-order valence-electron chi connectivity index (χ2n) is 4.59. The smallest absolute Gasteiger partial charge is 0.161 e. The normalized spacial score (nSPS) is 10.7. The average molecular weight is 291 g/mol. The van der Waals surface area contributed by atoms with E-state index in [1.165, 1.54) is 0 Å². The Balaban J connectivity index is 2.29. The van der Waals surface area contributed by atoms with Crippen molar-refractivity contribution in [3.63, 3.8) is 0 Å². The summed E-state index contributed by atoms with van der Waals surface area (Å²) in [5.41, 5.74) is 8.57. The largest absolute Gasteiger partial charge is 0.493 e. The molecular weight excluding hydrogens is 270 g/mol. The SMILES string of the molecule is COCCOc1ccc(-c2nn(C)cc2CN)cc1OC. The molecule has 2 rings (SSSR count). The Morgan fingerprint density at radius 2 is 2.00 bits per heavy atom. The molecule has 0 amide bonds. The molecule has 6 nitrogen and oxygen atoms in total. The second-order valence-corrected chi connectivity index (χ2v) is 4.59. The molecule has 6 heteroatoms. The van der Waals surface area contributed by atoms with Crippen LogP contribution >= 0.6 is 0 Å². The second kappa shape index (κ2) is 7.10. The van der Waals surface area contributed by atoms with Crippen molar-refractivity contribution < 1.29 is 14.2 Å². The molecule has 114 valence electrons. The predicted octanol–water partition coefficient (Wildman–Crippen LogP) is 1.58. The van der Waals surface area contributed by atoms with Crippen LogP contribution in [0.5, 0.6) is 11.5 Å². The molecule has 1 aromatic carbocycles. The van der Waals surface area contributed by atoms with Gasteiger partial charge in [-0.1, -0.05) is 0 Å². The van der Waals surface area contributed by atoms with Gasteiger partial charge in [0, 0.05) is 38.0 Å². The van der Waals surface area contributed by atoms with E-state index in [2.05, 4.69) is 5.10 Å². The van der Waals surface area contributed by atoms with Gasteiger partial charge in [0.05, 0.1) is 19.4 Å². The average Bonchev–Trinajstić information content (AvgIpc) is 2.88. The minimum absolute atomic E-state index is 0.442. The fourth-order valence-corrected chi connectivity index (χ4v) is 2.10. The molecule has 0 radical (unpaired) electrons. The Morgan fingerprint density at radius 3 is 2.67 bits per heavy atom. The maximum absolute atomic E-state index is 5.76. The van der Waals surface area contributed by atoms with Crippen molar-refractivity contribution in [1.82, 2.24) is 9.78 Å². The molecule has 1 heterocycles. The number of rotatable bonds is 7. The van der Waals surface area contributed by atoms with Crippen molar-refractivity contribution in [3.05, 3.63) is 30.0 Å². The summed E-state index contributed by atoms with van der Waals surface area (Å²) < 4.78 is 17.7. The van der Waals surface area contributed by atoms with Crippen molar-refractivity contribution in [2.75, 3.05) is 27.4 Å². The van der Waals surface area contributed by atoms with Crippen molar-refractivity contribution in [2.45, 2.75) is 6.54 Å². The van der Waals surface area contributed by atoms with Crippen LogP contribution in [-0.4, -0.2) is 37.2 Å². The molecule has 2 aromatic rings. The maximum atomic E-state index is 5.76. The van der Waals surface area contributed by atoms with Crippen LogP contribution in [0.4, 0.5) is 0 Å². The molecule has 2 N–H and O–H groups in total. The Kier molecular flexibility index (Phi) is 5.19. The highest BCUT2D eigenvalue weighted by Gasteiger charge is 2.12. The van der Waals surface area contributed by atoms with Crippen molar-refractivity contribution in [2.24, 2.45) is 12.8 Å². The number of ether oxygens (including phenoxy) is 3. The highest BCUT2D eigenvalue weighted by Crippen LogP contribution is 2.33. The third-order valence-electron chi connectivity index (χ3n) is 3.11. The summed E-state index contributed by atoms with van der Waals surface area (Å²) in [5, 5.41) is 4.45. The number of aryl methyl sites for hydroxylation is 1. The first-order chi connectivity index (χ1) is 10.2. The van der Waals surface area contributed by atoms with Crippen molar-refractivity contribution in [3.8, 4) is 22.8 Å². The topological polar surface area (TPSA) is 71.5 Å². The lowest BCUT2D eigenvalue weighted by Crippen LogP contribution is -2.05. The van der Waals surface area contributed by atoms with E-state index < -0.39 is 0 Å². The highest BCUT2D eigenvalue weighted by molar-refractivity contribution is 5.66. The molecule has 0 unspecified atom stereocenters. The Hall–Kier alpha value is -2.05. The van der Waals surface area contributed by atoms with E-state index >= 15 is 0 Å². The van der Waals surface area contributed by atoms with E-state index in [0.717, 1.165) is 16.8 Å². The Bertz CT molecular complexity index is 596. The van der Waals surface area contributed by atoms with Crippen LogP contribution in [-0.2, 0) is 18.3 Å². The Labute approximate surface area is 124 Å². The summed E-state index contributed by atoms with van der Waals surface area (Å²) >= 11 is 0. The minimum Gasteiger partial charge on any atom is -0.493 e. The molecule has 0 spiro atoms. The van der Waals surface area contributed by atoms with Gasteiger partial charge < -0.3 is 19.9 Å². The van der Waals surface area contributed by atoms with Gasteiger partial charge >= 0.3 is 0 Å². The third-order valence-corrected chi connectivity index (χ3v) is 3.11. The number of benzene rings is 1. The van der Waals surface area contributed by atoms with Gasteiger partial charge in [-0.3, -0.25) is 4.68 Å². The van der Waals surface area contributed by atoms with Crippen LogP contribution in [0.1, 0.15) is 5.56 Å². The van der Waals surface area contributed by atoms with E-state index in [9.17, 15) is 0 Å². The van der Waals surface area contributed by atoms with Gasteiger partial charge in [0.15, 0.2) is 11.5 Å². The number of hydrogen-bond donors (Lipinski definition) is 1. The molecule has 0 fully saturated rings. The van der Waals surface area contributed by atoms with Gasteiger partial charge in [0.2, 0.25) is 0 Å². The summed E-state index contributed by atoms with van der Waals surface area (Å²) in [4.78, 5) is 0. The van der Waals surface area contributed by atoms with Gasteiger partial charge in [-0.2, -0.15) is 5.10 Å². The number of aromatic nitrogens is 2. The fourth-order valence-electron chi connectivity index (χ4n) is 2.10. The fraction of sp³-hybridized carbons (Fsp3) is 0.400. The first-order valence-corrected chi connectivity index (χ1v) is 6.72. The van der Waals surface area contributed by atoms with E-state index in [1.54, 1.807) is 18.9 Å². The first-order valence-electron chi connectivity index (χ1n) is 6.72. The lowest BCUT2D eigenvalue weighted by atomic mass is 10.1. The van der Waals surface area contributed by atoms with Gasteiger partial charge in [0.25, 0.3) is 0 Å². The first kappa shape index (κ1) is 15.3. The Morgan fingerprint density at radius 1 is 1.19 bits per heavy atom. The monoisotopic (exact) mass is 291 g/mol. The molecule has 0 aliphatic rings. The van der Waals surface area contributed by atoms with E-state index in [1.807, 2.05) is 31.4 Å². The summed E-state index contributed by atoms with van der Waals surface area (Å²) in [5.74, 6) is 1.35. The molecular formula is C15H21N3O3. The number of methoxy groups -OCH3 is 2. The van der Waals surface area contributed by atoms with Crippen molar-refractivity contribution >= 4 is 0 Å². The van der Waals surface area contributed by atoms with Crippen LogP contribution in [0.15, 0.2) is 24.4 Å². The third kappa shape index (κ3) is 3.53. The zero-order valence-corrected chi connectivity index (χ0v) is 12.6. The molecule has 21 heavy (non-hydrogen) atoms. The molecule has 0 saturated carbocycles. The highest BCUT2D eigenvalue weighted by atomic mass is 16.5. The van der Waals surface area contributed by atoms with Gasteiger partial charge in [-0.05, 0) is 18.2 Å². The molecule has 1 aromatic heterocycles. The zero-order chi connectivity index (χ0) is 15.2. The maximum Gasteiger partial charge on any atom is 0.161 e. The number of nitrogens with two attached hydrogens (primary N) is 1. The van der Waals surface area contributed by atoms with E-state index in [0.29, 0.717) is 31.3 Å².